The third-order valence-corrected chi connectivity index (χ3v) is 4.33. The van der Waals surface area contributed by atoms with Gasteiger partial charge in [0.2, 0.25) is 5.91 Å². The molecule has 2 aromatic rings. The monoisotopic (exact) mass is 411 g/mol. The van der Waals surface area contributed by atoms with E-state index in [4.69, 9.17) is 0 Å². The van der Waals surface area contributed by atoms with Crippen LogP contribution in [0.25, 0.3) is 11.1 Å². The quantitative estimate of drug-likeness (QED) is 0.522. The summed E-state index contributed by atoms with van der Waals surface area (Å²) in [5.74, 6) is -1.83. The van der Waals surface area contributed by atoms with E-state index in [1.807, 2.05) is 0 Å². The molecule has 2 aromatic carbocycles. The normalized spacial score (nSPS) is 11.3. The maximum Gasteiger partial charge on any atom is 0.406 e. The summed E-state index contributed by atoms with van der Waals surface area (Å²) in [7, 11) is 1.24. The number of hydrogen-bond donors (Lipinski definition) is 0. The predicted molar refractivity (Wildman–Crippen MR) is 99.4 cm³/mol. The number of methoxy groups -OCH3 is 1. The van der Waals surface area contributed by atoms with Gasteiger partial charge in [0.15, 0.2) is 0 Å². The highest BCUT2D eigenvalue weighted by Gasteiger charge is 2.32. The molecule has 0 bridgehead atoms. The summed E-state index contributed by atoms with van der Waals surface area (Å²) in [6.45, 7) is 1.07. The highest BCUT2D eigenvalue weighted by Crippen LogP contribution is 2.30. The first-order valence-corrected chi connectivity index (χ1v) is 8.77. The van der Waals surface area contributed by atoms with Crippen molar-refractivity contribution in [2.45, 2.75) is 33.0 Å². The minimum absolute atomic E-state index is 0.0708. The Bertz CT molecular complexity index is 909. The van der Waals surface area contributed by atoms with Crippen LogP contribution in [0.4, 0.5) is 17.6 Å². The molecule has 0 heterocycles. The van der Waals surface area contributed by atoms with Crippen LogP contribution in [0.5, 0.6) is 0 Å². The summed E-state index contributed by atoms with van der Waals surface area (Å²) in [6.07, 6.45) is -4.63. The SMILES string of the molecule is COC(=O)Cc1ccc(F)c(-c2ccc(C)cc2CN(CC(F)(F)F)C(C)=O)c1. The van der Waals surface area contributed by atoms with Crippen molar-refractivity contribution in [2.24, 2.45) is 0 Å². The minimum atomic E-state index is -4.55. The number of alkyl halides is 3. The molecule has 0 aliphatic rings. The number of halogens is 4. The van der Waals surface area contributed by atoms with Gasteiger partial charge in [-0.3, -0.25) is 9.59 Å². The number of carbonyl (C=O) groups excluding carboxylic acids is 2. The van der Waals surface area contributed by atoms with Crippen LogP contribution in [0.1, 0.15) is 23.6 Å². The van der Waals surface area contributed by atoms with Crippen LogP contribution >= 0.6 is 0 Å². The molecule has 0 fully saturated rings. The molecule has 8 heteroatoms. The van der Waals surface area contributed by atoms with E-state index in [9.17, 15) is 27.2 Å². The molecule has 0 atom stereocenters. The lowest BCUT2D eigenvalue weighted by Gasteiger charge is -2.24. The summed E-state index contributed by atoms with van der Waals surface area (Å²) in [5.41, 5.74) is 2.12. The molecule has 0 saturated carbocycles. The van der Waals surface area contributed by atoms with Crippen molar-refractivity contribution < 1.29 is 31.9 Å². The van der Waals surface area contributed by atoms with Crippen molar-refractivity contribution >= 4 is 11.9 Å². The van der Waals surface area contributed by atoms with E-state index in [0.29, 0.717) is 21.6 Å². The summed E-state index contributed by atoms with van der Waals surface area (Å²) in [5, 5.41) is 0. The fourth-order valence-corrected chi connectivity index (χ4v) is 2.94. The molecule has 1 amide bonds. The first kappa shape index (κ1) is 22.4. The van der Waals surface area contributed by atoms with Gasteiger partial charge >= 0.3 is 12.1 Å². The predicted octanol–water partition coefficient (Wildman–Crippen LogP) is 4.43. The van der Waals surface area contributed by atoms with Gasteiger partial charge in [0.25, 0.3) is 0 Å². The lowest BCUT2D eigenvalue weighted by molar-refractivity contribution is -0.161. The molecule has 0 saturated heterocycles. The molecule has 29 heavy (non-hydrogen) atoms. The topological polar surface area (TPSA) is 46.6 Å². The van der Waals surface area contributed by atoms with Crippen LogP contribution in [0.3, 0.4) is 0 Å². The molecule has 0 spiro atoms. The van der Waals surface area contributed by atoms with Crippen LogP contribution in [-0.2, 0) is 27.3 Å². The Morgan fingerprint density at radius 3 is 2.34 bits per heavy atom. The summed E-state index contributed by atoms with van der Waals surface area (Å²) < 4.78 is 57.7. The molecule has 2 rings (SSSR count). The number of benzene rings is 2. The summed E-state index contributed by atoms with van der Waals surface area (Å²) in [6, 6.07) is 9.01. The molecule has 0 aromatic heterocycles. The van der Waals surface area contributed by atoms with E-state index in [2.05, 4.69) is 4.74 Å². The number of hydrogen-bond acceptors (Lipinski definition) is 3. The number of carbonyl (C=O) groups is 2. The van der Waals surface area contributed by atoms with Crippen LogP contribution in [0, 0.1) is 12.7 Å². The van der Waals surface area contributed by atoms with Crippen molar-refractivity contribution in [2.75, 3.05) is 13.7 Å². The lowest BCUT2D eigenvalue weighted by Crippen LogP contribution is -2.37. The Morgan fingerprint density at radius 2 is 1.76 bits per heavy atom. The third-order valence-electron chi connectivity index (χ3n) is 4.33. The number of ether oxygens (including phenoxy) is 1. The minimum Gasteiger partial charge on any atom is -0.469 e. The van der Waals surface area contributed by atoms with Gasteiger partial charge < -0.3 is 9.64 Å². The van der Waals surface area contributed by atoms with E-state index in [1.165, 1.54) is 25.3 Å². The average molecular weight is 411 g/mol. The molecule has 0 aliphatic heterocycles. The van der Waals surface area contributed by atoms with Gasteiger partial charge in [0, 0.05) is 19.0 Å². The van der Waals surface area contributed by atoms with E-state index >= 15 is 0 Å². The molecule has 4 nitrogen and oxygen atoms in total. The highest BCUT2D eigenvalue weighted by molar-refractivity contribution is 5.76. The Morgan fingerprint density at radius 1 is 1.07 bits per heavy atom. The second-order valence-electron chi connectivity index (χ2n) is 6.72. The molecule has 0 N–H and O–H groups in total. The van der Waals surface area contributed by atoms with Crippen LogP contribution in [0.15, 0.2) is 36.4 Å². The van der Waals surface area contributed by atoms with Gasteiger partial charge in [-0.25, -0.2) is 4.39 Å². The second kappa shape index (κ2) is 9.07. The number of rotatable bonds is 6. The van der Waals surface area contributed by atoms with E-state index in [1.54, 1.807) is 25.1 Å². The van der Waals surface area contributed by atoms with Crippen molar-refractivity contribution in [3.05, 3.63) is 58.9 Å². The van der Waals surface area contributed by atoms with Crippen molar-refractivity contribution in [3.63, 3.8) is 0 Å². The lowest BCUT2D eigenvalue weighted by atomic mass is 9.95. The van der Waals surface area contributed by atoms with Gasteiger partial charge in [-0.05, 0) is 35.7 Å². The zero-order chi connectivity index (χ0) is 21.8. The average Bonchev–Trinajstić information content (AvgIpc) is 2.62. The Hall–Kier alpha value is -2.90. The maximum atomic E-state index is 14.5. The van der Waals surface area contributed by atoms with E-state index in [-0.39, 0.29) is 18.5 Å². The van der Waals surface area contributed by atoms with Crippen molar-refractivity contribution in [1.82, 2.24) is 4.90 Å². The maximum absolute atomic E-state index is 14.5. The fraction of sp³-hybridized carbons (Fsp3) is 0.333. The Labute approximate surface area is 166 Å². The molecule has 0 aliphatic carbocycles. The van der Waals surface area contributed by atoms with E-state index < -0.39 is 30.4 Å². The van der Waals surface area contributed by atoms with Crippen LogP contribution < -0.4 is 0 Å². The second-order valence-corrected chi connectivity index (χ2v) is 6.72. The molecule has 0 radical (unpaired) electrons. The first-order chi connectivity index (χ1) is 13.5. The highest BCUT2D eigenvalue weighted by atomic mass is 19.4. The smallest absolute Gasteiger partial charge is 0.406 e. The van der Waals surface area contributed by atoms with Crippen LogP contribution in [-0.4, -0.2) is 36.6 Å². The standard InChI is InChI=1S/C21H21F4NO3/c1-13-4-6-17(16(8-13)11-26(14(2)27)12-21(23,24)25)18-9-15(5-7-19(18)22)10-20(28)29-3/h4-9H,10-12H2,1-3H3. The van der Waals surface area contributed by atoms with Gasteiger partial charge in [0.05, 0.1) is 13.5 Å². The molecule has 0 unspecified atom stereocenters. The molecular formula is C21H21F4NO3. The third kappa shape index (κ3) is 6.30. The van der Waals surface area contributed by atoms with Gasteiger partial charge in [-0.15, -0.1) is 0 Å². The largest absolute Gasteiger partial charge is 0.469 e. The first-order valence-electron chi connectivity index (χ1n) is 8.77. The van der Waals surface area contributed by atoms with Crippen molar-refractivity contribution in [1.29, 1.82) is 0 Å². The Kier molecular flexibility index (Phi) is 7.00. The van der Waals surface area contributed by atoms with Gasteiger partial charge in [-0.1, -0.05) is 29.8 Å². The summed E-state index contributed by atoms with van der Waals surface area (Å²) >= 11 is 0. The van der Waals surface area contributed by atoms with Gasteiger partial charge in [0.1, 0.15) is 12.4 Å². The van der Waals surface area contributed by atoms with Crippen molar-refractivity contribution in [3.8, 4) is 11.1 Å². The van der Waals surface area contributed by atoms with Crippen LogP contribution in [0.2, 0.25) is 0 Å². The molecule has 156 valence electrons. The fourth-order valence-electron chi connectivity index (χ4n) is 2.94. The summed E-state index contributed by atoms with van der Waals surface area (Å²) in [4.78, 5) is 23.9. The van der Waals surface area contributed by atoms with E-state index in [0.717, 1.165) is 12.5 Å². The Balaban J connectivity index is 2.48. The number of nitrogens with zero attached hydrogens (tertiary/aromatic N) is 1. The zero-order valence-corrected chi connectivity index (χ0v) is 16.3. The zero-order valence-electron chi connectivity index (χ0n) is 16.3. The number of aryl methyl sites for hydroxylation is 1. The number of esters is 1. The molecular weight excluding hydrogens is 390 g/mol. The number of amides is 1. The van der Waals surface area contributed by atoms with Gasteiger partial charge in [-0.2, -0.15) is 13.2 Å².